The molecule has 1 N–H and O–H groups in total. The minimum Gasteiger partial charge on any atom is -0.469 e. The number of hydrogen-bond donors (Lipinski definition) is 1. The summed E-state index contributed by atoms with van der Waals surface area (Å²) in [4.78, 5) is 13.5. The summed E-state index contributed by atoms with van der Waals surface area (Å²) in [7, 11) is 0. The maximum absolute atomic E-state index is 11.8. The first-order valence-corrected chi connectivity index (χ1v) is 4.70. The maximum Gasteiger partial charge on any atom is 0.257 e. The molecule has 0 spiro atoms. The van der Waals surface area contributed by atoms with E-state index in [0.29, 0.717) is 30.8 Å². The molecule has 1 atom stereocenters. The Labute approximate surface area is 82.1 Å². The van der Waals surface area contributed by atoms with E-state index in [1.807, 2.05) is 0 Å². The van der Waals surface area contributed by atoms with Crippen molar-refractivity contribution in [3.05, 3.63) is 23.7 Å². The highest BCUT2D eigenvalue weighted by molar-refractivity contribution is 5.95. The fourth-order valence-electron chi connectivity index (χ4n) is 1.70. The molecule has 1 fully saturated rings. The number of furan rings is 1. The van der Waals surface area contributed by atoms with E-state index >= 15 is 0 Å². The quantitative estimate of drug-likeness (QED) is 0.721. The van der Waals surface area contributed by atoms with Gasteiger partial charge in [-0.15, -0.1) is 0 Å². The first-order valence-electron chi connectivity index (χ1n) is 4.70. The summed E-state index contributed by atoms with van der Waals surface area (Å²) in [5.74, 6) is 0.587. The zero-order valence-corrected chi connectivity index (χ0v) is 8.06. The molecule has 0 radical (unpaired) electrons. The van der Waals surface area contributed by atoms with Crippen molar-refractivity contribution in [1.82, 2.24) is 4.90 Å². The van der Waals surface area contributed by atoms with E-state index in [-0.39, 0.29) is 12.0 Å². The van der Waals surface area contributed by atoms with Crippen LogP contribution < -0.4 is 0 Å². The number of hydrogen-bond acceptors (Lipinski definition) is 3. The first-order chi connectivity index (χ1) is 6.68. The fraction of sp³-hybridized carbons (Fsp3) is 0.500. The number of rotatable bonds is 1. The SMILES string of the molecule is Cc1occc1C(=O)N1CC[C@H](O)C1. The van der Waals surface area contributed by atoms with Gasteiger partial charge in [0.05, 0.1) is 17.9 Å². The average molecular weight is 195 g/mol. The number of carbonyl (C=O) groups excluding carboxylic acids is 1. The van der Waals surface area contributed by atoms with Gasteiger partial charge in [0.2, 0.25) is 0 Å². The lowest BCUT2D eigenvalue weighted by Gasteiger charge is -2.14. The van der Waals surface area contributed by atoms with Gasteiger partial charge in [-0.25, -0.2) is 0 Å². The Balaban J connectivity index is 2.13. The van der Waals surface area contributed by atoms with E-state index in [0.717, 1.165) is 0 Å². The van der Waals surface area contributed by atoms with Crippen molar-refractivity contribution in [2.75, 3.05) is 13.1 Å². The molecule has 0 unspecified atom stereocenters. The van der Waals surface area contributed by atoms with Gasteiger partial charge in [0.15, 0.2) is 0 Å². The largest absolute Gasteiger partial charge is 0.469 e. The van der Waals surface area contributed by atoms with Crippen LogP contribution in [0.1, 0.15) is 22.5 Å². The summed E-state index contributed by atoms with van der Waals surface area (Å²) < 4.78 is 5.06. The highest BCUT2D eigenvalue weighted by Gasteiger charge is 2.26. The Morgan fingerprint density at radius 3 is 3.00 bits per heavy atom. The summed E-state index contributed by atoms with van der Waals surface area (Å²) >= 11 is 0. The number of aliphatic hydroxyl groups excluding tert-OH is 1. The predicted octanol–water partition coefficient (Wildman–Crippen LogP) is 0.795. The Morgan fingerprint density at radius 1 is 1.71 bits per heavy atom. The first kappa shape index (κ1) is 9.27. The van der Waals surface area contributed by atoms with Crippen LogP contribution >= 0.6 is 0 Å². The second kappa shape index (κ2) is 3.46. The van der Waals surface area contributed by atoms with Crippen LogP contribution in [0.15, 0.2) is 16.7 Å². The Hall–Kier alpha value is -1.29. The molecule has 0 aromatic carbocycles. The summed E-state index contributed by atoms with van der Waals surface area (Å²) in [5, 5.41) is 9.30. The van der Waals surface area contributed by atoms with Crippen molar-refractivity contribution >= 4 is 5.91 Å². The lowest BCUT2D eigenvalue weighted by atomic mass is 10.2. The van der Waals surface area contributed by atoms with Crippen LogP contribution in [-0.4, -0.2) is 35.1 Å². The van der Waals surface area contributed by atoms with Gasteiger partial charge in [-0.2, -0.15) is 0 Å². The highest BCUT2D eigenvalue weighted by atomic mass is 16.3. The van der Waals surface area contributed by atoms with Crippen LogP contribution in [-0.2, 0) is 0 Å². The molecule has 1 aromatic heterocycles. The van der Waals surface area contributed by atoms with Crippen molar-refractivity contribution in [2.45, 2.75) is 19.4 Å². The zero-order valence-electron chi connectivity index (χ0n) is 8.06. The minimum absolute atomic E-state index is 0.0483. The summed E-state index contributed by atoms with van der Waals surface area (Å²) in [5.41, 5.74) is 0.596. The predicted molar refractivity (Wildman–Crippen MR) is 50.0 cm³/mol. The summed E-state index contributed by atoms with van der Waals surface area (Å²) in [6.45, 7) is 2.83. The van der Waals surface area contributed by atoms with Crippen molar-refractivity contribution in [2.24, 2.45) is 0 Å². The summed E-state index contributed by atoms with van der Waals surface area (Å²) in [6, 6.07) is 1.67. The normalized spacial score (nSPS) is 21.6. The van der Waals surface area contributed by atoms with Crippen LogP contribution in [0.2, 0.25) is 0 Å². The lowest BCUT2D eigenvalue weighted by molar-refractivity contribution is 0.0763. The van der Waals surface area contributed by atoms with Crippen molar-refractivity contribution < 1.29 is 14.3 Å². The Kier molecular flexibility index (Phi) is 2.29. The fourth-order valence-corrected chi connectivity index (χ4v) is 1.70. The van der Waals surface area contributed by atoms with Crippen LogP contribution in [0, 0.1) is 6.92 Å². The van der Waals surface area contributed by atoms with E-state index in [2.05, 4.69) is 0 Å². The molecule has 1 aliphatic rings. The van der Waals surface area contributed by atoms with E-state index < -0.39 is 0 Å². The number of likely N-dealkylation sites (tertiary alicyclic amines) is 1. The van der Waals surface area contributed by atoms with Crippen LogP contribution in [0.4, 0.5) is 0 Å². The third kappa shape index (κ3) is 1.53. The highest BCUT2D eigenvalue weighted by Crippen LogP contribution is 2.16. The van der Waals surface area contributed by atoms with Gasteiger partial charge in [-0.05, 0) is 19.4 Å². The van der Waals surface area contributed by atoms with Gasteiger partial charge in [-0.1, -0.05) is 0 Å². The number of nitrogens with zero attached hydrogens (tertiary/aromatic N) is 1. The second-order valence-electron chi connectivity index (χ2n) is 3.58. The second-order valence-corrected chi connectivity index (χ2v) is 3.58. The molecule has 1 amide bonds. The van der Waals surface area contributed by atoms with Gasteiger partial charge >= 0.3 is 0 Å². The Morgan fingerprint density at radius 2 is 2.50 bits per heavy atom. The molecule has 0 bridgehead atoms. The molecule has 76 valence electrons. The van der Waals surface area contributed by atoms with E-state index in [1.165, 1.54) is 6.26 Å². The third-order valence-corrected chi connectivity index (χ3v) is 2.54. The van der Waals surface area contributed by atoms with Crippen molar-refractivity contribution in [1.29, 1.82) is 0 Å². The number of β-amino-alcohol motifs (C(OH)–C–C–N with tert-alkyl or cyclic N) is 1. The topological polar surface area (TPSA) is 53.7 Å². The standard InChI is InChI=1S/C10H13NO3/c1-7-9(3-5-14-7)10(13)11-4-2-8(12)6-11/h3,5,8,12H,2,4,6H2,1H3/t8-/m0/s1. The molecule has 0 saturated carbocycles. The van der Waals surface area contributed by atoms with Gasteiger partial charge in [0.1, 0.15) is 5.76 Å². The van der Waals surface area contributed by atoms with Crippen LogP contribution in [0.3, 0.4) is 0 Å². The van der Waals surface area contributed by atoms with E-state index in [4.69, 9.17) is 4.42 Å². The number of aliphatic hydroxyl groups is 1. The van der Waals surface area contributed by atoms with Gasteiger partial charge in [0.25, 0.3) is 5.91 Å². The molecule has 2 rings (SSSR count). The average Bonchev–Trinajstić information content (AvgIpc) is 2.73. The third-order valence-electron chi connectivity index (χ3n) is 2.54. The smallest absolute Gasteiger partial charge is 0.257 e. The van der Waals surface area contributed by atoms with Gasteiger partial charge in [0, 0.05) is 13.1 Å². The van der Waals surface area contributed by atoms with Gasteiger partial charge in [-0.3, -0.25) is 4.79 Å². The van der Waals surface area contributed by atoms with Crippen LogP contribution in [0.5, 0.6) is 0 Å². The molecule has 2 heterocycles. The lowest BCUT2D eigenvalue weighted by Crippen LogP contribution is -2.29. The van der Waals surface area contributed by atoms with Crippen molar-refractivity contribution in [3.8, 4) is 0 Å². The molecule has 4 nitrogen and oxygen atoms in total. The van der Waals surface area contributed by atoms with Crippen LogP contribution in [0.25, 0.3) is 0 Å². The number of carbonyl (C=O) groups is 1. The molecule has 4 heteroatoms. The molecular weight excluding hydrogens is 182 g/mol. The van der Waals surface area contributed by atoms with Crippen molar-refractivity contribution in [3.63, 3.8) is 0 Å². The molecule has 1 saturated heterocycles. The monoisotopic (exact) mass is 195 g/mol. The maximum atomic E-state index is 11.8. The number of aryl methyl sites for hydroxylation is 1. The molecular formula is C10H13NO3. The van der Waals surface area contributed by atoms with E-state index in [9.17, 15) is 9.90 Å². The minimum atomic E-state index is -0.369. The molecule has 1 aliphatic heterocycles. The zero-order chi connectivity index (χ0) is 10.1. The number of amides is 1. The molecule has 0 aliphatic carbocycles. The molecule has 1 aromatic rings. The Bertz CT molecular complexity index is 345. The summed E-state index contributed by atoms with van der Waals surface area (Å²) in [6.07, 6.45) is 1.81. The molecule has 14 heavy (non-hydrogen) atoms. The van der Waals surface area contributed by atoms with Gasteiger partial charge < -0.3 is 14.4 Å². The van der Waals surface area contributed by atoms with E-state index in [1.54, 1.807) is 17.9 Å².